The van der Waals surface area contributed by atoms with Crippen molar-refractivity contribution in [1.82, 2.24) is 0 Å². The number of halogens is 1. The van der Waals surface area contributed by atoms with Crippen LogP contribution < -0.4 is 9.64 Å². The Morgan fingerprint density at radius 2 is 2.22 bits per heavy atom. The van der Waals surface area contributed by atoms with Gasteiger partial charge in [0.25, 0.3) is 5.91 Å². The van der Waals surface area contributed by atoms with Gasteiger partial charge in [-0.25, -0.2) is 8.42 Å². The second-order valence-corrected chi connectivity index (χ2v) is 10.5. The summed E-state index contributed by atoms with van der Waals surface area (Å²) in [5.41, 5.74) is 0.691. The molecule has 3 aliphatic rings. The molecule has 0 saturated carbocycles. The van der Waals surface area contributed by atoms with E-state index < -0.39 is 15.9 Å². The fourth-order valence-corrected chi connectivity index (χ4v) is 7.78. The lowest BCUT2D eigenvalue weighted by atomic mass is 10.2. The van der Waals surface area contributed by atoms with Crippen LogP contribution in [0.2, 0.25) is 5.02 Å². The van der Waals surface area contributed by atoms with Crippen LogP contribution in [0.4, 0.5) is 5.69 Å². The van der Waals surface area contributed by atoms with Gasteiger partial charge in [0, 0.05) is 17.5 Å². The van der Waals surface area contributed by atoms with E-state index in [1.165, 1.54) is 18.9 Å². The highest BCUT2D eigenvalue weighted by Gasteiger charge is 2.49. The summed E-state index contributed by atoms with van der Waals surface area (Å²) in [6.07, 6.45) is 0.995. The van der Waals surface area contributed by atoms with Crippen molar-refractivity contribution in [2.24, 2.45) is 4.99 Å². The number of nitrogens with zero attached hydrogens (tertiary/aromatic N) is 2. The molecule has 0 N–H and O–H groups in total. The minimum Gasteiger partial charge on any atom is -0.495 e. The molecule has 0 aromatic heterocycles. The fraction of sp³-hybridized carbons (Fsp3) is 0.529. The van der Waals surface area contributed by atoms with Gasteiger partial charge in [-0.3, -0.25) is 4.79 Å². The van der Waals surface area contributed by atoms with Crippen LogP contribution >= 0.6 is 23.4 Å². The van der Waals surface area contributed by atoms with Crippen molar-refractivity contribution in [3.05, 3.63) is 23.2 Å². The van der Waals surface area contributed by atoms with E-state index in [0.717, 1.165) is 6.42 Å². The maximum absolute atomic E-state index is 12.5. The van der Waals surface area contributed by atoms with Crippen LogP contribution in [0.5, 0.6) is 5.75 Å². The molecule has 10 heteroatoms. The number of carbonyl (C=O) groups excluding carboxylic acids is 1. The summed E-state index contributed by atoms with van der Waals surface area (Å²) in [7, 11) is -1.59. The van der Waals surface area contributed by atoms with Gasteiger partial charge in [-0.1, -0.05) is 23.4 Å². The van der Waals surface area contributed by atoms with Gasteiger partial charge in [0.15, 0.2) is 15.0 Å². The maximum atomic E-state index is 12.5. The highest BCUT2D eigenvalue weighted by atomic mass is 35.5. The number of aliphatic imine (C=N–C) groups is 1. The Kier molecular flexibility index (Phi) is 5.13. The molecule has 1 aromatic rings. The number of hydrogen-bond acceptors (Lipinski definition) is 6. The molecule has 3 heterocycles. The number of thioether (sulfide) groups is 1. The first-order chi connectivity index (χ1) is 12.9. The Balaban J connectivity index is 1.70. The predicted octanol–water partition coefficient (Wildman–Crippen LogP) is 2.13. The molecule has 27 heavy (non-hydrogen) atoms. The van der Waals surface area contributed by atoms with E-state index in [-0.39, 0.29) is 28.7 Å². The molecular weight excluding hydrogens is 412 g/mol. The topological polar surface area (TPSA) is 85.3 Å². The molecule has 3 atom stereocenters. The lowest BCUT2D eigenvalue weighted by molar-refractivity contribution is -0.126. The summed E-state index contributed by atoms with van der Waals surface area (Å²) in [5, 5.41) is 0.752. The highest BCUT2D eigenvalue weighted by molar-refractivity contribution is 8.16. The number of methoxy groups -OCH3 is 1. The Morgan fingerprint density at radius 3 is 2.89 bits per heavy atom. The lowest BCUT2D eigenvalue weighted by Gasteiger charge is -2.25. The second-order valence-electron chi connectivity index (χ2n) is 6.72. The summed E-state index contributed by atoms with van der Waals surface area (Å²) in [6.45, 7) is 0.565. The Bertz CT molecular complexity index is 899. The highest BCUT2D eigenvalue weighted by Crippen LogP contribution is 2.42. The number of amidine groups is 1. The number of amides is 1. The molecule has 4 rings (SSSR count). The third-order valence-corrected chi connectivity index (χ3v) is 8.40. The van der Waals surface area contributed by atoms with Crippen LogP contribution in [-0.2, 0) is 19.4 Å². The first kappa shape index (κ1) is 19.0. The third kappa shape index (κ3) is 3.70. The minimum absolute atomic E-state index is 0.0292. The van der Waals surface area contributed by atoms with Crippen molar-refractivity contribution >= 4 is 50.0 Å². The van der Waals surface area contributed by atoms with Gasteiger partial charge in [0.1, 0.15) is 11.9 Å². The van der Waals surface area contributed by atoms with E-state index in [0.29, 0.717) is 34.7 Å². The SMILES string of the molecule is COc1ccc(N2C(=NC(=O)C3CCCO3)SC3CS(=O)(=O)CC32)cc1Cl. The second kappa shape index (κ2) is 7.27. The van der Waals surface area contributed by atoms with Crippen molar-refractivity contribution in [3.63, 3.8) is 0 Å². The molecule has 146 valence electrons. The Labute approximate surface area is 167 Å². The van der Waals surface area contributed by atoms with E-state index >= 15 is 0 Å². The molecule has 0 radical (unpaired) electrons. The molecule has 3 aliphatic heterocycles. The first-order valence-electron chi connectivity index (χ1n) is 8.62. The standard InChI is InChI=1S/C17H19ClN2O5S2/c1-24-13-5-4-10(7-11(13)18)20-12-8-27(22,23)9-15(12)26-17(20)19-16(21)14-3-2-6-25-14/h4-5,7,12,14-15H,2-3,6,8-9H2,1H3. The van der Waals surface area contributed by atoms with Gasteiger partial charge in [-0.05, 0) is 31.0 Å². The van der Waals surface area contributed by atoms with E-state index in [9.17, 15) is 13.2 Å². The minimum atomic E-state index is -3.12. The number of rotatable bonds is 3. The molecule has 0 spiro atoms. The zero-order valence-corrected chi connectivity index (χ0v) is 17.0. The number of hydrogen-bond donors (Lipinski definition) is 0. The first-order valence-corrected chi connectivity index (χ1v) is 11.7. The number of fused-ring (bicyclic) bond motifs is 1. The number of sulfone groups is 1. The van der Waals surface area contributed by atoms with Crippen LogP contribution in [0, 0.1) is 0 Å². The van der Waals surface area contributed by atoms with Crippen LogP contribution in [0.15, 0.2) is 23.2 Å². The number of benzene rings is 1. The zero-order valence-electron chi connectivity index (χ0n) is 14.6. The fourth-order valence-electron chi connectivity index (χ4n) is 3.61. The van der Waals surface area contributed by atoms with Gasteiger partial charge in [-0.15, -0.1) is 0 Å². The van der Waals surface area contributed by atoms with Gasteiger partial charge in [0.05, 0.1) is 29.7 Å². The van der Waals surface area contributed by atoms with Crippen LogP contribution in [-0.4, -0.2) is 62.1 Å². The van der Waals surface area contributed by atoms with Crippen molar-refractivity contribution in [2.45, 2.75) is 30.2 Å². The van der Waals surface area contributed by atoms with E-state index in [4.69, 9.17) is 21.1 Å². The number of anilines is 1. The van der Waals surface area contributed by atoms with Crippen molar-refractivity contribution in [1.29, 1.82) is 0 Å². The van der Waals surface area contributed by atoms with Crippen molar-refractivity contribution < 1.29 is 22.7 Å². The van der Waals surface area contributed by atoms with Crippen LogP contribution in [0.25, 0.3) is 0 Å². The molecular formula is C17H19ClN2O5S2. The van der Waals surface area contributed by atoms with Gasteiger partial charge < -0.3 is 14.4 Å². The largest absolute Gasteiger partial charge is 0.495 e. The quantitative estimate of drug-likeness (QED) is 0.726. The lowest BCUT2D eigenvalue weighted by Crippen LogP contribution is -2.38. The zero-order chi connectivity index (χ0) is 19.2. The van der Waals surface area contributed by atoms with Gasteiger partial charge in [-0.2, -0.15) is 4.99 Å². The molecule has 3 unspecified atom stereocenters. The smallest absolute Gasteiger partial charge is 0.277 e. The van der Waals surface area contributed by atoms with E-state index in [1.807, 2.05) is 4.90 Å². The summed E-state index contributed by atoms with van der Waals surface area (Å²) in [5.74, 6) is 0.316. The Hall–Kier alpha value is -1.29. The van der Waals surface area contributed by atoms with Crippen LogP contribution in [0.3, 0.4) is 0 Å². The average Bonchev–Trinajstić information content (AvgIpc) is 3.29. The monoisotopic (exact) mass is 430 g/mol. The summed E-state index contributed by atoms with van der Waals surface area (Å²) in [4.78, 5) is 18.6. The summed E-state index contributed by atoms with van der Waals surface area (Å²) < 4.78 is 34.8. The van der Waals surface area contributed by atoms with E-state index in [1.54, 1.807) is 18.2 Å². The number of carbonyl (C=O) groups is 1. The van der Waals surface area contributed by atoms with Crippen molar-refractivity contribution in [2.75, 3.05) is 30.1 Å². The van der Waals surface area contributed by atoms with Gasteiger partial charge >= 0.3 is 0 Å². The average molecular weight is 431 g/mol. The molecule has 1 amide bonds. The predicted molar refractivity (Wildman–Crippen MR) is 106 cm³/mol. The molecule has 3 saturated heterocycles. The maximum Gasteiger partial charge on any atom is 0.277 e. The molecule has 1 aromatic carbocycles. The summed E-state index contributed by atoms with van der Waals surface area (Å²) in [6, 6.07) is 4.95. The third-order valence-electron chi connectivity index (χ3n) is 4.89. The Morgan fingerprint density at radius 1 is 1.41 bits per heavy atom. The molecule has 0 aliphatic carbocycles. The molecule has 0 bridgehead atoms. The summed E-state index contributed by atoms with van der Waals surface area (Å²) >= 11 is 7.60. The molecule has 3 fully saturated rings. The van der Waals surface area contributed by atoms with E-state index in [2.05, 4.69) is 4.99 Å². The van der Waals surface area contributed by atoms with Gasteiger partial charge in [0.2, 0.25) is 0 Å². The molecule has 7 nitrogen and oxygen atoms in total. The van der Waals surface area contributed by atoms with Crippen LogP contribution in [0.1, 0.15) is 12.8 Å². The normalized spacial score (nSPS) is 30.7. The van der Waals surface area contributed by atoms with Crippen molar-refractivity contribution in [3.8, 4) is 5.75 Å². The number of ether oxygens (including phenoxy) is 2.